The summed E-state index contributed by atoms with van der Waals surface area (Å²) in [4.78, 5) is 30.5. The molecule has 2 aromatic heterocycles. The van der Waals surface area contributed by atoms with E-state index < -0.39 is 5.69 Å². The van der Waals surface area contributed by atoms with Crippen molar-refractivity contribution in [2.24, 2.45) is 0 Å². The highest BCUT2D eigenvalue weighted by Crippen LogP contribution is 2.10. The van der Waals surface area contributed by atoms with E-state index >= 15 is 0 Å². The molecule has 0 radical (unpaired) electrons. The summed E-state index contributed by atoms with van der Waals surface area (Å²) in [7, 11) is 0. The van der Waals surface area contributed by atoms with Gasteiger partial charge in [0, 0.05) is 11.1 Å². The summed E-state index contributed by atoms with van der Waals surface area (Å²) in [6, 6.07) is 0. The van der Waals surface area contributed by atoms with Gasteiger partial charge in [0.25, 0.3) is 5.56 Å². The number of rotatable bonds is 3. The molecule has 0 saturated carbocycles. The summed E-state index contributed by atoms with van der Waals surface area (Å²) in [6.07, 6.45) is 0.478. The van der Waals surface area contributed by atoms with Gasteiger partial charge in [0.1, 0.15) is 10.2 Å². The van der Waals surface area contributed by atoms with Gasteiger partial charge in [0.2, 0.25) is 0 Å². The van der Waals surface area contributed by atoms with Crippen LogP contribution in [0.1, 0.15) is 23.2 Å². The van der Waals surface area contributed by atoms with Gasteiger partial charge in [-0.25, -0.2) is 9.78 Å². The van der Waals surface area contributed by atoms with Crippen molar-refractivity contribution in [3.05, 3.63) is 47.6 Å². The Kier molecular flexibility index (Phi) is 3.68. The van der Waals surface area contributed by atoms with Gasteiger partial charge in [0.05, 0.1) is 12.1 Å². The van der Waals surface area contributed by atoms with Crippen molar-refractivity contribution >= 4 is 22.9 Å². The Balaban J connectivity index is 2.51. The molecule has 18 heavy (non-hydrogen) atoms. The Labute approximate surface area is 112 Å². The standard InChI is InChI=1S/C11H12ClN3O2S/c1-3-7-9(12)14-11(17)15(10(7)16)4-8-13-6(2)5-18-8/h5H,3-4H2,1-2H3,(H,14,17). The van der Waals surface area contributed by atoms with E-state index in [-0.39, 0.29) is 17.3 Å². The lowest BCUT2D eigenvalue weighted by Crippen LogP contribution is -2.37. The molecular formula is C11H12ClN3O2S. The van der Waals surface area contributed by atoms with Gasteiger partial charge in [0.15, 0.2) is 0 Å². The predicted molar refractivity (Wildman–Crippen MR) is 71.7 cm³/mol. The summed E-state index contributed by atoms with van der Waals surface area (Å²) < 4.78 is 1.13. The molecule has 0 unspecified atom stereocenters. The lowest BCUT2D eigenvalue weighted by atomic mass is 10.2. The van der Waals surface area contributed by atoms with Crippen molar-refractivity contribution < 1.29 is 0 Å². The number of aromatic nitrogens is 3. The van der Waals surface area contributed by atoms with Gasteiger partial charge in [-0.1, -0.05) is 18.5 Å². The minimum Gasteiger partial charge on any atom is -0.297 e. The maximum Gasteiger partial charge on any atom is 0.329 e. The van der Waals surface area contributed by atoms with Crippen molar-refractivity contribution in [3.8, 4) is 0 Å². The van der Waals surface area contributed by atoms with E-state index in [2.05, 4.69) is 9.97 Å². The van der Waals surface area contributed by atoms with Gasteiger partial charge >= 0.3 is 5.69 Å². The second kappa shape index (κ2) is 5.07. The molecule has 0 bridgehead atoms. The number of nitrogens with zero attached hydrogens (tertiary/aromatic N) is 2. The van der Waals surface area contributed by atoms with E-state index in [0.29, 0.717) is 12.0 Å². The fourth-order valence-electron chi connectivity index (χ4n) is 1.65. The van der Waals surface area contributed by atoms with Crippen LogP contribution >= 0.6 is 22.9 Å². The minimum atomic E-state index is -0.505. The van der Waals surface area contributed by atoms with E-state index in [0.717, 1.165) is 15.3 Å². The Morgan fingerprint density at radius 3 is 2.78 bits per heavy atom. The fraction of sp³-hybridized carbons (Fsp3) is 0.364. The molecule has 0 spiro atoms. The number of hydrogen-bond acceptors (Lipinski definition) is 4. The summed E-state index contributed by atoms with van der Waals surface area (Å²) in [6.45, 7) is 3.86. The lowest BCUT2D eigenvalue weighted by molar-refractivity contribution is 0.682. The quantitative estimate of drug-likeness (QED) is 0.871. The van der Waals surface area contributed by atoms with Crippen molar-refractivity contribution in [1.82, 2.24) is 14.5 Å². The SMILES string of the molecule is CCc1c(Cl)[nH]c(=O)n(Cc2nc(C)cs2)c1=O. The van der Waals surface area contributed by atoms with Crippen molar-refractivity contribution in [2.75, 3.05) is 0 Å². The molecule has 0 aliphatic rings. The second-order valence-corrected chi connectivity index (χ2v) is 5.17. The molecule has 96 valence electrons. The first-order chi connectivity index (χ1) is 8.52. The van der Waals surface area contributed by atoms with Gasteiger partial charge in [-0.2, -0.15) is 0 Å². The van der Waals surface area contributed by atoms with Crippen LogP contribution in [0.3, 0.4) is 0 Å². The maximum atomic E-state index is 12.1. The molecule has 5 nitrogen and oxygen atoms in total. The maximum absolute atomic E-state index is 12.1. The van der Waals surface area contributed by atoms with Crippen molar-refractivity contribution in [3.63, 3.8) is 0 Å². The van der Waals surface area contributed by atoms with Crippen LogP contribution in [0.25, 0.3) is 0 Å². The van der Waals surface area contributed by atoms with Crippen LogP contribution in [0.5, 0.6) is 0 Å². The molecule has 0 aliphatic carbocycles. The molecule has 1 N–H and O–H groups in total. The number of H-pyrrole nitrogens is 1. The van der Waals surface area contributed by atoms with E-state index in [1.807, 2.05) is 19.2 Å². The van der Waals surface area contributed by atoms with Crippen LogP contribution in [0.15, 0.2) is 15.0 Å². The fourth-order valence-corrected chi connectivity index (χ4v) is 2.70. The number of thiazole rings is 1. The van der Waals surface area contributed by atoms with Gasteiger partial charge < -0.3 is 0 Å². The zero-order valence-electron chi connectivity index (χ0n) is 9.99. The molecule has 0 amide bonds. The summed E-state index contributed by atoms with van der Waals surface area (Å²) >= 11 is 7.25. The van der Waals surface area contributed by atoms with Crippen LogP contribution in [0, 0.1) is 6.92 Å². The summed E-state index contributed by atoms with van der Waals surface area (Å²) in [5.41, 5.74) is 0.447. The Morgan fingerprint density at radius 2 is 2.22 bits per heavy atom. The van der Waals surface area contributed by atoms with E-state index in [1.165, 1.54) is 11.3 Å². The third-order valence-corrected chi connectivity index (χ3v) is 3.82. The minimum absolute atomic E-state index is 0.124. The van der Waals surface area contributed by atoms with Gasteiger partial charge in [-0.15, -0.1) is 11.3 Å². The Bertz CT molecular complexity index is 686. The zero-order chi connectivity index (χ0) is 13.3. The molecule has 2 aromatic rings. The molecule has 7 heteroatoms. The highest BCUT2D eigenvalue weighted by atomic mass is 35.5. The van der Waals surface area contributed by atoms with Crippen LogP contribution in [0.2, 0.25) is 5.15 Å². The first-order valence-corrected chi connectivity index (χ1v) is 6.71. The molecule has 0 aliphatic heterocycles. The molecule has 0 saturated heterocycles. The third kappa shape index (κ3) is 2.39. The average molecular weight is 286 g/mol. The van der Waals surface area contributed by atoms with Gasteiger partial charge in [-0.05, 0) is 13.3 Å². The third-order valence-electron chi connectivity index (χ3n) is 2.54. The second-order valence-electron chi connectivity index (χ2n) is 3.85. The first kappa shape index (κ1) is 13.0. The summed E-state index contributed by atoms with van der Waals surface area (Å²) in [5.74, 6) is 0. The van der Waals surface area contributed by atoms with Crippen molar-refractivity contribution in [2.45, 2.75) is 26.8 Å². The number of nitrogens with one attached hydrogen (secondary N) is 1. The zero-order valence-corrected chi connectivity index (χ0v) is 11.6. The number of aryl methyl sites for hydroxylation is 1. The number of hydrogen-bond donors (Lipinski definition) is 1. The highest BCUT2D eigenvalue weighted by Gasteiger charge is 2.12. The van der Waals surface area contributed by atoms with E-state index in [4.69, 9.17) is 11.6 Å². The molecule has 0 aromatic carbocycles. The molecule has 2 rings (SSSR count). The molecular weight excluding hydrogens is 274 g/mol. The number of aromatic amines is 1. The van der Waals surface area contributed by atoms with E-state index in [9.17, 15) is 9.59 Å². The Hall–Kier alpha value is -1.40. The number of halogens is 1. The van der Waals surface area contributed by atoms with Crippen molar-refractivity contribution in [1.29, 1.82) is 0 Å². The van der Waals surface area contributed by atoms with Crippen LogP contribution in [0.4, 0.5) is 0 Å². The average Bonchev–Trinajstić information content (AvgIpc) is 2.70. The van der Waals surface area contributed by atoms with Crippen LogP contribution < -0.4 is 11.2 Å². The Morgan fingerprint density at radius 1 is 1.50 bits per heavy atom. The highest BCUT2D eigenvalue weighted by molar-refractivity contribution is 7.09. The molecule has 0 atom stereocenters. The molecule has 0 fully saturated rings. The smallest absolute Gasteiger partial charge is 0.297 e. The van der Waals surface area contributed by atoms with Crippen LogP contribution in [-0.2, 0) is 13.0 Å². The van der Waals surface area contributed by atoms with Crippen LogP contribution in [-0.4, -0.2) is 14.5 Å². The van der Waals surface area contributed by atoms with E-state index in [1.54, 1.807) is 0 Å². The lowest BCUT2D eigenvalue weighted by Gasteiger charge is -2.06. The predicted octanol–water partition coefficient (Wildman–Crippen LogP) is 1.57. The largest absolute Gasteiger partial charge is 0.329 e. The summed E-state index contributed by atoms with van der Waals surface area (Å²) in [5, 5.41) is 2.73. The topological polar surface area (TPSA) is 67.8 Å². The monoisotopic (exact) mass is 285 g/mol. The first-order valence-electron chi connectivity index (χ1n) is 5.45. The normalized spacial score (nSPS) is 10.8. The molecule has 2 heterocycles. The van der Waals surface area contributed by atoms with Gasteiger partial charge in [-0.3, -0.25) is 14.3 Å².